The number of carbonyl (C=O) groups is 1. The summed E-state index contributed by atoms with van der Waals surface area (Å²) in [5.41, 5.74) is -0.437. The lowest BCUT2D eigenvalue weighted by Gasteiger charge is -2.29. The van der Waals surface area contributed by atoms with Crippen LogP contribution in [0.15, 0.2) is 18.2 Å². The molecule has 0 radical (unpaired) electrons. The van der Waals surface area contributed by atoms with Gasteiger partial charge in [-0.05, 0) is 37.0 Å². The van der Waals surface area contributed by atoms with E-state index in [1.807, 2.05) is 0 Å². The maximum Gasteiger partial charge on any atom is 0.240 e. The van der Waals surface area contributed by atoms with Crippen LogP contribution in [0.2, 0.25) is 0 Å². The standard InChI is InChI=1S/C16H18F2N2O/c17-13-8-12(9-14(18)10-13)4-7-20-15(21)16(11-19)5-2-1-3-6-16/h8-10H,1-7H2,(H,20,21). The number of halogens is 2. The van der Waals surface area contributed by atoms with Crippen LogP contribution in [0, 0.1) is 28.4 Å². The van der Waals surface area contributed by atoms with Gasteiger partial charge >= 0.3 is 0 Å². The number of amides is 1. The molecule has 1 saturated carbocycles. The zero-order valence-corrected chi connectivity index (χ0v) is 11.8. The Bertz CT molecular complexity index is 540. The molecule has 0 spiro atoms. The molecular formula is C16H18F2N2O. The fraction of sp³-hybridized carbons (Fsp3) is 0.500. The highest BCUT2D eigenvalue weighted by molar-refractivity contribution is 5.85. The molecule has 0 heterocycles. The molecule has 0 atom stereocenters. The molecule has 0 aromatic heterocycles. The zero-order chi connectivity index (χ0) is 15.3. The van der Waals surface area contributed by atoms with Crippen LogP contribution in [0.5, 0.6) is 0 Å². The van der Waals surface area contributed by atoms with E-state index in [2.05, 4.69) is 11.4 Å². The molecule has 1 aromatic carbocycles. The predicted octanol–water partition coefficient (Wildman–Crippen LogP) is 3.10. The van der Waals surface area contributed by atoms with E-state index in [1.54, 1.807) is 0 Å². The first-order valence-electron chi connectivity index (χ1n) is 7.20. The average Bonchev–Trinajstić information content (AvgIpc) is 2.47. The van der Waals surface area contributed by atoms with Crippen molar-refractivity contribution in [2.75, 3.05) is 6.54 Å². The van der Waals surface area contributed by atoms with Gasteiger partial charge in [0.25, 0.3) is 0 Å². The Kier molecular flexibility index (Phi) is 4.89. The largest absolute Gasteiger partial charge is 0.354 e. The summed E-state index contributed by atoms with van der Waals surface area (Å²) >= 11 is 0. The molecule has 1 amide bonds. The van der Waals surface area contributed by atoms with Gasteiger partial charge < -0.3 is 5.32 Å². The molecule has 112 valence electrons. The van der Waals surface area contributed by atoms with Crippen molar-refractivity contribution in [2.45, 2.75) is 38.5 Å². The molecule has 0 aliphatic heterocycles. The van der Waals surface area contributed by atoms with Gasteiger partial charge in [-0.1, -0.05) is 19.3 Å². The molecule has 21 heavy (non-hydrogen) atoms. The van der Waals surface area contributed by atoms with E-state index >= 15 is 0 Å². The van der Waals surface area contributed by atoms with Crippen molar-refractivity contribution >= 4 is 5.91 Å². The first-order chi connectivity index (χ1) is 10.1. The Balaban J connectivity index is 1.90. The summed E-state index contributed by atoms with van der Waals surface area (Å²) in [5.74, 6) is -1.52. The van der Waals surface area contributed by atoms with E-state index in [9.17, 15) is 18.8 Å². The Hall–Kier alpha value is -1.96. The third kappa shape index (κ3) is 3.78. The number of benzene rings is 1. The fourth-order valence-electron chi connectivity index (χ4n) is 2.79. The lowest BCUT2D eigenvalue weighted by molar-refractivity contribution is -0.129. The summed E-state index contributed by atoms with van der Waals surface area (Å²) in [6.07, 6.45) is 4.33. The number of hydrogen-bond acceptors (Lipinski definition) is 2. The minimum absolute atomic E-state index is 0.262. The van der Waals surface area contributed by atoms with E-state index in [-0.39, 0.29) is 12.5 Å². The normalized spacial score (nSPS) is 17.0. The van der Waals surface area contributed by atoms with Crippen LogP contribution in [0.25, 0.3) is 0 Å². The average molecular weight is 292 g/mol. The predicted molar refractivity (Wildman–Crippen MR) is 74.2 cm³/mol. The van der Waals surface area contributed by atoms with Gasteiger partial charge in [0.1, 0.15) is 17.0 Å². The second kappa shape index (κ2) is 6.66. The maximum absolute atomic E-state index is 13.0. The van der Waals surface area contributed by atoms with Crippen LogP contribution in [0.3, 0.4) is 0 Å². The van der Waals surface area contributed by atoms with Gasteiger partial charge in [-0.15, -0.1) is 0 Å². The monoisotopic (exact) mass is 292 g/mol. The summed E-state index contributed by atoms with van der Waals surface area (Å²) in [5, 5.41) is 12.0. The summed E-state index contributed by atoms with van der Waals surface area (Å²) in [7, 11) is 0. The number of nitrogens with zero attached hydrogens (tertiary/aromatic N) is 1. The van der Waals surface area contributed by atoms with Crippen LogP contribution >= 0.6 is 0 Å². The van der Waals surface area contributed by atoms with E-state index in [1.165, 1.54) is 12.1 Å². The lowest BCUT2D eigenvalue weighted by atomic mass is 9.74. The number of nitrogens with one attached hydrogen (secondary N) is 1. The first-order valence-corrected chi connectivity index (χ1v) is 7.20. The van der Waals surface area contributed by atoms with Crippen molar-refractivity contribution in [3.63, 3.8) is 0 Å². The second-order valence-electron chi connectivity index (χ2n) is 5.54. The van der Waals surface area contributed by atoms with Crippen molar-refractivity contribution in [2.24, 2.45) is 5.41 Å². The molecule has 1 fully saturated rings. The van der Waals surface area contributed by atoms with Crippen molar-refractivity contribution in [3.05, 3.63) is 35.4 Å². The maximum atomic E-state index is 13.0. The smallest absolute Gasteiger partial charge is 0.240 e. The van der Waals surface area contributed by atoms with E-state index in [0.29, 0.717) is 24.8 Å². The summed E-state index contributed by atoms with van der Waals surface area (Å²) in [4.78, 5) is 12.2. The van der Waals surface area contributed by atoms with Gasteiger partial charge in [0.05, 0.1) is 6.07 Å². The van der Waals surface area contributed by atoms with Gasteiger partial charge in [0, 0.05) is 12.6 Å². The highest BCUT2D eigenvalue weighted by Gasteiger charge is 2.39. The molecule has 0 saturated heterocycles. The third-order valence-corrected chi connectivity index (χ3v) is 3.98. The Morgan fingerprint density at radius 3 is 2.38 bits per heavy atom. The van der Waals surface area contributed by atoms with E-state index in [0.717, 1.165) is 25.3 Å². The van der Waals surface area contributed by atoms with Gasteiger partial charge in [0.15, 0.2) is 0 Å². The summed E-state index contributed by atoms with van der Waals surface area (Å²) < 4.78 is 26.1. The molecule has 3 nitrogen and oxygen atoms in total. The molecule has 1 N–H and O–H groups in total. The molecule has 1 aromatic rings. The van der Waals surface area contributed by atoms with Crippen LogP contribution < -0.4 is 5.32 Å². The topological polar surface area (TPSA) is 52.9 Å². The lowest BCUT2D eigenvalue weighted by Crippen LogP contribution is -2.42. The van der Waals surface area contributed by atoms with Crippen molar-refractivity contribution in [1.82, 2.24) is 5.32 Å². The fourth-order valence-corrected chi connectivity index (χ4v) is 2.79. The summed E-state index contributed by atoms with van der Waals surface area (Å²) in [6, 6.07) is 5.46. The number of carbonyl (C=O) groups excluding carboxylic acids is 1. The Morgan fingerprint density at radius 1 is 1.19 bits per heavy atom. The zero-order valence-electron chi connectivity index (χ0n) is 11.8. The van der Waals surface area contributed by atoms with Gasteiger partial charge in [-0.25, -0.2) is 8.78 Å². The molecule has 1 aliphatic rings. The van der Waals surface area contributed by atoms with Gasteiger partial charge in [-0.2, -0.15) is 5.26 Å². The number of rotatable bonds is 4. The van der Waals surface area contributed by atoms with Crippen molar-refractivity contribution < 1.29 is 13.6 Å². The quantitative estimate of drug-likeness (QED) is 0.927. The number of hydrogen-bond donors (Lipinski definition) is 1. The van der Waals surface area contributed by atoms with Crippen LogP contribution in [0.4, 0.5) is 8.78 Å². The van der Waals surface area contributed by atoms with Gasteiger partial charge in [-0.3, -0.25) is 4.79 Å². The summed E-state index contributed by atoms with van der Waals surface area (Å²) in [6.45, 7) is 0.269. The van der Waals surface area contributed by atoms with Crippen molar-refractivity contribution in [3.8, 4) is 6.07 Å². The minimum atomic E-state index is -0.925. The highest BCUT2D eigenvalue weighted by Crippen LogP contribution is 2.35. The molecular weight excluding hydrogens is 274 g/mol. The molecule has 0 unspecified atom stereocenters. The molecule has 5 heteroatoms. The van der Waals surface area contributed by atoms with Gasteiger partial charge in [0.2, 0.25) is 5.91 Å². The number of nitriles is 1. The SMILES string of the molecule is N#CC1(C(=O)NCCc2cc(F)cc(F)c2)CCCCC1. The van der Waals surface area contributed by atoms with E-state index < -0.39 is 17.0 Å². The second-order valence-corrected chi connectivity index (χ2v) is 5.54. The third-order valence-electron chi connectivity index (χ3n) is 3.98. The van der Waals surface area contributed by atoms with Crippen LogP contribution in [-0.4, -0.2) is 12.5 Å². The molecule has 1 aliphatic carbocycles. The van der Waals surface area contributed by atoms with E-state index in [4.69, 9.17) is 0 Å². The van der Waals surface area contributed by atoms with Crippen LogP contribution in [0.1, 0.15) is 37.7 Å². The molecule has 0 bridgehead atoms. The first kappa shape index (κ1) is 15.4. The molecule has 2 rings (SSSR count). The Morgan fingerprint density at radius 2 is 1.81 bits per heavy atom. The highest BCUT2D eigenvalue weighted by atomic mass is 19.1. The van der Waals surface area contributed by atoms with Crippen molar-refractivity contribution in [1.29, 1.82) is 5.26 Å². The van der Waals surface area contributed by atoms with Crippen LogP contribution in [-0.2, 0) is 11.2 Å². The Labute approximate surface area is 123 Å². The minimum Gasteiger partial charge on any atom is -0.354 e.